The van der Waals surface area contributed by atoms with Crippen LogP contribution in [0.5, 0.6) is 0 Å². The minimum Gasteiger partial charge on any atom is -0.389 e. The molecule has 0 heterocycles. The molecule has 18 heavy (non-hydrogen) atoms. The molecule has 3 N–H and O–H groups in total. The Balaban J connectivity index is 1.85. The number of rotatable bonds is 5. The molecule has 0 radical (unpaired) electrons. The molecule has 2 aromatic rings. The molecule has 0 amide bonds. The molecule has 92 valence electrons. The summed E-state index contributed by atoms with van der Waals surface area (Å²) in [6, 6.07) is 18.3. The minimum atomic E-state index is 0.436. The van der Waals surface area contributed by atoms with Crippen LogP contribution in [0.2, 0.25) is 0 Å². The molecule has 0 spiro atoms. The predicted molar refractivity (Wildman–Crippen MR) is 81.0 cm³/mol. The van der Waals surface area contributed by atoms with Gasteiger partial charge >= 0.3 is 0 Å². The zero-order valence-corrected chi connectivity index (χ0v) is 10.9. The van der Waals surface area contributed by atoms with Crippen LogP contribution in [0.4, 0.5) is 5.69 Å². The van der Waals surface area contributed by atoms with Gasteiger partial charge in [-0.05, 0) is 36.2 Å². The van der Waals surface area contributed by atoms with Gasteiger partial charge in [-0.1, -0.05) is 42.5 Å². The highest BCUT2D eigenvalue weighted by molar-refractivity contribution is 7.80. The normalized spacial score (nSPS) is 10.0. The maximum atomic E-state index is 5.55. The maximum Gasteiger partial charge on any atom is 0.103 e. The highest BCUT2D eigenvalue weighted by atomic mass is 32.1. The Hall–Kier alpha value is -1.87. The zero-order chi connectivity index (χ0) is 12.8. The van der Waals surface area contributed by atoms with Gasteiger partial charge in [0.15, 0.2) is 0 Å². The number of nitrogens with one attached hydrogen (secondary N) is 1. The van der Waals surface area contributed by atoms with Gasteiger partial charge in [-0.3, -0.25) is 0 Å². The lowest BCUT2D eigenvalue weighted by Gasteiger charge is -2.07. The van der Waals surface area contributed by atoms with Crippen LogP contribution in [0, 0.1) is 0 Å². The second-order valence-electron chi connectivity index (χ2n) is 4.10. The first-order chi connectivity index (χ1) is 8.75. The van der Waals surface area contributed by atoms with E-state index in [9.17, 15) is 0 Å². The summed E-state index contributed by atoms with van der Waals surface area (Å²) in [7, 11) is 0. The van der Waals surface area contributed by atoms with Crippen molar-refractivity contribution in [3.8, 4) is 0 Å². The quantitative estimate of drug-likeness (QED) is 0.808. The Bertz CT molecular complexity index is 506. The van der Waals surface area contributed by atoms with E-state index in [1.165, 1.54) is 5.56 Å². The number of hydrogen-bond acceptors (Lipinski definition) is 2. The number of hydrogen-bond donors (Lipinski definition) is 2. The molecule has 0 unspecified atom stereocenters. The summed E-state index contributed by atoms with van der Waals surface area (Å²) in [5.74, 6) is 0. The lowest BCUT2D eigenvalue weighted by atomic mass is 10.1. The van der Waals surface area contributed by atoms with Gasteiger partial charge in [-0.15, -0.1) is 0 Å². The van der Waals surface area contributed by atoms with Crippen molar-refractivity contribution in [2.45, 2.75) is 6.42 Å². The summed E-state index contributed by atoms with van der Waals surface area (Å²) < 4.78 is 0. The molecular formula is C15H16N2S. The van der Waals surface area contributed by atoms with E-state index in [2.05, 4.69) is 29.6 Å². The van der Waals surface area contributed by atoms with Gasteiger partial charge in [-0.2, -0.15) is 0 Å². The van der Waals surface area contributed by atoms with Crippen LogP contribution in [-0.2, 0) is 6.42 Å². The molecule has 2 aromatic carbocycles. The van der Waals surface area contributed by atoms with E-state index in [-0.39, 0.29) is 0 Å². The lowest BCUT2D eigenvalue weighted by Crippen LogP contribution is -2.09. The lowest BCUT2D eigenvalue weighted by molar-refractivity contribution is 1.02. The first-order valence-corrected chi connectivity index (χ1v) is 6.34. The minimum absolute atomic E-state index is 0.436. The monoisotopic (exact) mass is 256 g/mol. The van der Waals surface area contributed by atoms with Crippen molar-refractivity contribution in [1.29, 1.82) is 0 Å². The van der Waals surface area contributed by atoms with E-state index in [1.54, 1.807) is 0 Å². The maximum absolute atomic E-state index is 5.55. The van der Waals surface area contributed by atoms with E-state index in [4.69, 9.17) is 18.0 Å². The molecule has 0 bridgehead atoms. The summed E-state index contributed by atoms with van der Waals surface area (Å²) in [6.07, 6.45) is 1.01. The first kappa shape index (κ1) is 12.6. The fourth-order valence-corrected chi connectivity index (χ4v) is 1.88. The van der Waals surface area contributed by atoms with E-state index in [0.717, 1.165) is 24.2 Å². The van der Waals surface area contributed by atoms with Crippen molar-refractivity contribution < 1.29 is 0 Å². The van der Waals surface area contributed by atoms with Gasteiger partial charge in [0.25, 0.3) is 0 Å². The third-order valence-electron chi connectivity index (χ3n) is 2.76. The Morgan fingerprint density at radius 2 is 1.67 bits per heavy atom. The Labute approximate surface area is 113 Å². The molecule has 0 fully saturated rings. The summed E-state index contributed by atoms with van der Waals surface area (Å²) in [6.45, 7) is 0.913. The van der Waals surface area contributed by atoms with Gasteiger partial charge in [0.05, 0.1) is 0 Å². The van der Waals surface area contributed by atoms with Crippen molar-refractivity contribution in [3.05, 3.63) is 65.7 Å². The molecule has 0 saturated heterocycles. The zero-order valence-electron chi connectivity index (χ0n) is 10.1. The van der Waals surface area contributed by atoms with Crippen LogP contribution < -0.4 is 11.1 Å². The molecule has 0 aliphatic carbocycles. The van der Waals surface area contributed by atoms with Gasteiger partial charge < -0.3 is 11.1 Å². The van der Waals surface area contributed by atoms with Crippen LogP contribution >= 0.6 is 12.2 Å². The second-order valence-corrected chi connectivity index (χ2v) is 4.54. The third kappa shape index (κ3) is 3.57. The van der Waals surface area contributed by atoms with E-state index < -0.39 is 0 Å². The molecule has 0 aliphatic heterocycles. The molecule has 0 aromatic heterocycles. The molecule has 2 rings (SSSR count). The molecule has 2 nitrogen and oxygen atoms in total. The summed E-state index contributed by atoms with van der Waals surface area (Å²) in [4.78, 5) is 0.436. The summed E-state index contributed by atoms with van der Waals surface area (Å²) >= 11 is 4.91. The molecular weight excluding hydrogens is 240 g/mol. The van der Waals surface area contributed by atoms with Crippen LogP contribution in [0.1, 0.15) is 11.1 Å². The van der Waals surface area contributed by atoms with Crippen molar-refractivity contribution in [1.82, 2.24) is 0 Å². The van der Waals surface area contributed by atoms with Gasteiger partial charge in [0.1, 0.15) is 4.99 Å². The van der Waals surface area contributed by atoms with Crippen LogP contribution in [0.25, 0.3) is 0 Å². The SMILES string of the molecule is NC(=S)c1ccc(NCCc2ccccc2)cc1. The van der Waals surface area contributed by atoms with Gasteiger partial charge in [0.2, 0.25) is 0 Å². The predicted octanol–water partition coefficient (Wildman–Crippen LogP) is 2.98. The Kier molecular flexibility index (Phi) is 4.31. The average Bonchev–Trinajstić information content (AvgIpc) is 2.40. The largest absolute Gasteiger partial charge is 0.389 e. The van der Waals surface area contributed by atoms with Crippen molar-refractivity contribution >= 4 is 22.9 Å². The van der Waals surface area contributed by atoms with Crippen LogP contribution in [-0.4, -0.2) is 11.5 Å². The number of anilines is 1. The van der Waals surface area contributed by atoms with Crippen LogP contribution in [0.15, 0.2) is 54.6 Å². The fourth-order valence-electron chi connectivity index (χ4n) is 1.75. The van der Waals surface area contributed by atoms with Crippen molar-refractivity contribution in [3.63, 3.8) is 0 Å². The number of nitrogens with two attached hydrogens (primary N) is 1. The van der Waals surface area contributed by atoms with Gasteiger partial charge in [-0.25, -0.2) is 0 Å². The third-order valence-corrected chi connectivity index (χ3v) is 2.99. The van der Waals surface area contributed by atoms with E-state index in [1.807, 2.05) is 30.3 Å². The first-order valence-electron chi connectivity index (χ1n) is 5.93. The fraction of sp³-hybridized carbons (Fsp3) is 0.133. The number of benzene rings is 2. The Morgan fingerprint density at radius 1 is 1.00 bits per heavy atom. The van der Waals surface area contributed by atoms with Gasteiger partial charge in [0, 0.05) is 17.8 Å². The average molecular weight is 256 g/mol. The molecule has 0 aliphatic rings. The smallest absolute Gasteiger partial charge is 0.103 e. The van der Waals surface area contributed by atoms with Crippen molar-refractivity contribution in [2.24, 2.45) is 5.73 Å². The highest BCUT2D eigenvalue weighted by Crippen LogP contribution is 2.09. The van der Waals surface area contributed by atoms with E-state index in [0.29, 0.717) is 4.99 Å². The summed E-state index contributed by atoms with van der Waals surface area (Å²) in [5.41, 5.74) is 8.88. The second kappa shape index (κ2) is 6.17. The highest BCUT2D eigenvalue weighted by Gasteiger charge is 1.96. The standard InChI is InChI=1S/C15H16N2S/c16-15(18)13-6-8-14(9-7-13)17-11-10-12-4-2-1-3-5-12/h1-9,17H,10-11H2,(H2,16,18). The van der Waals surface area contributed by atoms with E-state index >= 15 is 0 Å². The molecule has 3 heteroatoms. The van der Waals surface area contributed by atoms with Crippen molar-refractivity contribution in [2.75, 3.05) is 11.9 Å². The number of thiocarbonyl (C=S) groups is 1. The topological polar surface area (TPSA) is 38.0 Å². The molecule has 0 saturated carbocycles. The molecule has 0 atom stereocenters. The van der Waals surface area contributed by atoms with Crippen LogP contribution in [0.3, 0.4) is 0 Å². The Morgan fingerprint density at radius 3 is 2.28 bits per heavy atom. The summed E-state index contributed by atoms with van der Waals surface area (Å²) in [5, 5.41) is 3.38.